The summed E-state index contributed by atoms with van der Waals surface area (Å²) in [6, 6.07) is 24.2. The van der Waals surface area contributed by atoms with E-state index < -0.39 is 18.0 Å². The number of fused-ring (bicyclic) bond motifs is 1. The number of rotatable bonds is 12. The molecule has 1 atom stereocenters. The summed E-state index contributed by atoms with van der Waals surface area (Å²) in [5.74, 6) is 0.0619. The highest BCUT2D eigenvalue weighted by Gasteiger charge is 2.33. The van der Waals surface area contributed by atoms with E-state index in [1.807, 2.05) is 83.7 Å². The highest BCUT2D eigenvalue weighted by atomic mass is 32.1. The van der Waals surface area contributed by atoms with E-state index >= 15 is 0 Å². The van der Waals surface area contributed by atoms with Crippen LogP contribution in [0.4, 0.5) is 0 Å². The number of aliphatic carboxylic acids is 1. The van der Waals surface area contributed by atoms with Gasteiger partial charge in [0.1, 0.15) is 23.8 Å². The summed E-state index contributed by atoms with van der Waals surface area (Å²) in [4.78, 5) is 41.9. The van der Waals surface area contributed by atoms with E-state index in [0.717, 1.165) is 47.9 Å². The number of carbonyl (C=O) groups is 2. The summed E-state index contributed by atoms with van der Waals surface area (Å²) in [6.45, 7) is 9.33. The fraction of sp³-hybridized carbons (Fsp3) is 0.225. The quantitative estimate of drug-likeness (QED) is 0.0930. The molecule has 3 aromatic carbocycles. The summed E-state index contributed by atoms with van der Waals surface area (Å²) in [6.07, 6.45) is 7.31. The highest BCUT2D eigenvalue weighted by Crippen LogP contribution is 2.32. The lowest BCUT2D eigenvalue weighted by Gasteiger charge is -2.24. The van der Waals surface area contributed by atoms with Gasteiger partial charge in [0.2, 0.25) is 0 Å². The molecule has 0 spiro atoms. The van der Waals surface area contributed by atoms with Crippen molar-refractivity contribution in [1.82, 2.24) is 14.3 Å². The van der Waals surface area contributed by atoms with Crippen molar-refractivity contribution in [2.45, 2.75) is 39.7 Å². The molecule has 6 rings (SSSR count). The zero-order valence-corrected chi connectivity index (χ0v) is 30.3. The van der Waals surface area contributed by atoms with Crippen LogP contribution in [0.25, 0.3) is 23.0 Å². The largest absolute Gasteiger partial charge is 0.497 e. The lowest BCUT2D eigenvalue weighted by Crippen LogP contribution is -2.39. The maximum Gasteiger partial charge on any atom is 0.338 e. The SMILES string of the molecule is C=CCOC(=O)C1=C(C)N=c2sc(=Cc3cn(-c4ccccc4)nc3-c3ccc(OCCCC)cc3)c(=O)n2C1c1ccc(OC)cc1.CC(=O)O. The topological polar surface area (TPSA) is 134 Å². The number of unbranched alkanes of at least 4 members (excludes halogenated alkanes) is 1. The number of carboxylic acid groups (broad SMARTS) is 1. The smallest absolute Gasteiger partial charge is 0.338 e. The van der Waals surface area contributed by atoms with Gasteiger partial charge >= 0.3 is 5.97 Å². The Kier molecular flexibility index (Phi) is 12.4. The van der Waals surface area contributed by atoms with Crippen LogP contribution in [0.1, 0.15) is 50.8 Å². The number of thiazole rings is 1. The molecule has 52 heavy (non-hydrogen) atoms. The summed E-state index contributed by atoms with van der Waals surface area (Å²) < 4.78 is 20.5. The van der Waals surface area contributed by atoms with E-state index in [2.05, 4.69) is 13.5 Å². The molecule has 268 valence electrons. The van der Waals surface area contributed by atoms with E-state index in [-0.39, 0.29) is 12.2 Å². The second kappa shape index (κ2) is 17.3. The number of methoxy groups -OCH3 is 1. The summed E-state index contributed by atoms with van der Waals surface area (Å²) in [7, 11) is 1.59. The Morgan fingerprint density at radius 1 is 1.02 bits per heavy atom. The predicted molar refractivity (Wildman–Crippen MR) is 201 cm³/mol. The third-order valence-corrected chi connectivity index (χ3v) is 8.93. The highest BCUT2D eigenvalue weighted by molar-refractivity contribution is 7.07. The van der Waals surface area contributed by atoms with Crippen molar-refractivity contribution in [3.63, 3.8) is 0 Å². The molecule has 1 aliphatic heterocycles. The van der Waals surface area contributed by atoms with Gasteiger partial charge < -0.3 is 19.3 Å². The first kappa shape index (κ1) is 37.3. The fourth-order valence-corrected chi connectivity index (χ4v) is 6.55. The van der Waals surface area contributed by atoms with Crippen molar-refractivity contribution in [2.24, 2.45) is 4.99 Å². The first-order valence-electron chi connectivity index (χ1n) is 16.7. The van der Waals surface area contributed by atoms with Crippen LogP contribution >= 0.6 is 11.3 Å². The molecule has 0 saturated carbocycles. The van der Waals surface area contributed by atoms with Crippen LogP contribution in [0.2, 0.25) is 0 Å². The molecule has 1 unspecified atom stereocenters. The van der Waals surface area contributed by atoms with E-state index in [1.54, 1.807) is 30.7 Å². The van der Waals surface area contributed by atoms with Crippen LogP contribution in [0, 0.1) is 0 Å². The molecule has 0 fully saturated rings. The number of nitrogens with zero attached hydrogens (tertiary/aromatic N) is 4. The van der Waals surface area contributed by atoms with E-state index in [9.17, 15) is 9.59 Å². The Morgan fingerprint density at radius 3 is 2.33 bits per heavy atom. The maximum atomic E-state index is 14.3. The molecule has 12 heteroatoms. The van der Waals surface area contributed by atoms with Crippen LogP contribution in [0.3, 0.4) is 0 Å². The van der Waals surface area contributed by atoms with Crippen molar-refractivity contribution in [3.8, 4) is 28.4 Å². The van der Waals surface area contributed by atoms with Crippen molar-refractivity contribution >= 4 is 29.4 Å². The van der Waals surface area contributed by atoms with Crippen LogP contribution < -0.4 is 24.4 Å². The fourth-order valence-electron chi connectivity index (χ4n) is 5.51. The number of esters is 1. The second-order valence-corrected chi connectivity index (χ2v) is 12.7. The average molecular weight is 721 g/mol. The van der Waals surface area contributed by atoms with Crippen LogP contribution in [0.5, 0.6) is 11.5 Å². The number of aromatic nitrogens is 3. The molecule has 1 aliphatic rings. The van der Waals surface area contributed by atoms with Gasteiger partial charge in [-0.05, 0) is 73.5 Å². The summed E-state index contributed by atoms with van der Waals surface area (Å²) in [5, 5.41) is 12.4. The first-order chi connectivity index (χ1) is 25.1. The summed E-state index contributed by atoms with van der Waals surface area (Å²) in [5.41, 5.74) is 4.45. The minimum Gasteiger partial charge on any atom is -0.497 e. The van der Waals surface area contributed by atoms with E-state index in [1.165, 1.54) is 17.4 Å². The normalized spacial score (nSPS) is 13.7. The molecule has 3 heterocycles. The molecule has 5 aromatic rings. The molecule has 11 nitrogen and oxygen atoms in total. The van der Waals surface area contributed by atoms with Crippen molar-refractivity contribution in [3.05, 3.63) is 140 Å². The Labute approximate surface area is 305 Å². The number of para-hydroxylation sites is 1. The van der Waals surface area contributed by atoms with E-state index in [4.69, 9.17) is 34.2 Å². The molecule has 0 radical (unpaired) electrons. The molecule has 2 aromatic heterocycles. The molecule has 0 saturated heterocycles. The second-order valence-electron chi connectivity index (χ2n) is 11.7. The van der Waals surface area contributed by atoms with Crippen LogP contribution in [-0.2, 0) is 14.3 Å². The molecular formula is C40H40N4O7S. The Morgan fingerprint density at radius 2 is 1.69 bits per heavy atom. The Hall–Kier alpha value is -6.01. The van der Waals surface area contributed by atoms with Gasteiger partial charge in [0.05, 0.1) is 41.2 Å². The van der Waals surface area contributed by atoms with Crippen LogP contribution in [-0.4, -0.2) is 51.7 Å². The Bertz CT molecular complexity index is 2250. The average Bonchev–Trinajstić information content (AvgIpc) is 3.70. The lowest BCUT2D eigenvalue weighted by molar-refractivity contribution is -0.138. The standard InChI is InChI=1S/C38H36N4O5S.C2H4O2/c1-5-7-22-46-31-19-13-26(14-20-31)34-28(24-41(40-34)29-11-9-8-10-12-29)23-32-36(43)42-35(27-15-17-30(45-4)18-16-27)33(37(44)47-21-6-2)25(3)39-38(42)48-32;1-2(3)4/h6,8-20,23-24,35H,2,5,7,21-22H2,1,3-4H3;1H3,(H,3,4). The molecule has 0 aliphatic carbocycles. The molecule has 0 bridgehead atoms. The third kappa shape index (κ3) is 8.64. The number of allylic oxidation sites excluding steroid dienone is 1. The van der Waals surface area contributed by atoms with Gasteiger partial charge in [0.25, 0.3) is 11.5 Å². The van der Waals surface area contributed by atoms with Gasteiger partial charge in [-0.2, -0.15) is 5.10 Å². The first-order valence-corrected chi connectivity index (χ1v) is 17.5. The maximum absolute atomic E-state index is 14.3. The monoisotopic (exact) mass is 720 g/mol. The zero-order chi connectivity index (χ0) is 37.2. The molecular weight excluding hydrogens is 681 g/mol. The van der Waals surface area contributed by atoms with Crippen molar-refractivity contribution < 1.29 is 28.9 Å². The Balaban J connectivity index is 0.00000124. The number of ether oxygens (including phenoxy) is 3. The van der Waals surface area contributed by atoms with Crippen LogP contribution in [0.15, 0.2) is 119 Å². The van der Waals surface area contributed by atoms with E-state index in [0.29, 0.717) is 38.7 Å². The van der Waals surface area contributed by atoms with Gasteiger partial charge in [0, 0.05) is 24.2 Å². The number of hydrogen-bond donors (Lipinski definition) is 1. The summed E-state index contributed by atoms with van der Waals surface area (Å²) >= 11 is 1.26. The number of carboxylic acids is 1. The minimum atomic E-state index is -0.833. The van der Waals surface area contributed by atoms with Gasteiger partial charge in [-0.3, -0.25) is 14.2 Å². The van der Waals surface area contributed by atoms with Gasteiger partial charge in [-0.15, -0.1) is 0 Å². The number of carbonyl (C=O) groups excluding carboxylic acids is 1. The predicted octanol–water partition coefficient (Wildman–Crippen LogP) is 6.10. The van der Waals surface area contributed by atoms with Gasteiger partial charge in [-0.1, -0.05) is 67.7 Å². The van der Waals surface area contributed by atoms with Crippen molar-refractivity contribution in [1.29, 1.82) is 0 Å². The van der Waals surface area contributed by atoms with Crippen molar-refractivity contribution in [2.75, 3.05) is 20.3 Å². The van der Waals surface area contributed by atoms with Gasteiger partial charge in [-0.25, -0.2) is 14.5 Å². The van der Waals surface area contributed by atoms with Gasteiger partial charge in [0.15, 0.2) is 4.80 Å². The molecule has 1 N–H and O–H groups in total. The zero-order valence-electron chi connectivity index (χ0n) is 29.4. The minimum absolute atomic E-state index is 0.0371. The third-order valence-electron chi connectivity index (χ3n) is 7.95. The molecule has 0 amide bonds. The number of benzene rings is 3. The lowest BCUT2D eigenvalue weighted by atomic mass is 9.96. The number of hydrogen-bond acceptors (Lipinski definition) is 9.